The van der Waals surface area contributed by atoms with Gasteiger partial charge in [-0.3, -0.25) is 9.59 Å². The van der Waals surface area contributed by atoms with Crippen LogP contribution in [-0.4, -0.2) is 48.4 Å². The van der Waals surface area contributed by atoms with Crippen LogP contribution in [-0.2, 0) is 4.79 Å². The molecule has 164 valence electrons. The average Bonchev–Trinajstić information content (AvgIpc) is 3.49. The first-order valence-corrected chi connectivity index (χ1v) is 10.9. The summed E-state index contributed by atoms with van der Waals surface area (Å²) in [4.78, 5) is 27.0. The molecule has 4 rings (SSSR count). The van der Waals surface area contributed by atoms with E-state index >= 15 is 0 Å². The number of carbonyl (C=O) groups is 2. The molecule has 0 spiro atoms. The fourth-order valence-electron chi connectivity index (χ4n) is 3.95. The highest BCUT2D eigenvalue weighted by Gasteiger charge is 2.37. The predicted molar refractivity (Wildman–Crippen MR) is 114 cm³/mol. The fraction of sp³-hybridized carbons (Fsp3) is 0.417. The summed E-state index contributed by atoms with van der Waals surface area (Å²) in [5.74, 6) is -0.663. The molecule has 5 nitrogen and oxygen atoms in total. The van der Waals surface area contributed by atoms with Gasteiger partial charge >= 0.3 is 0 Å². The van der Waals surface area contributed by atoms with E-state index in [1.165, 1.54) is 36.4 Å². The van der Waals surface area contributed by atoms with Crippen LogP contribution in [0, 0.1) is 11.6 Å². The molecule has 2 amide bonds. The van der Waals surface area contributed by atoms with Crippen LogP contribution in [0.3, 0.4) is 0 Å². The minimum Gasteiger partial charge on any atom is -0.341 e. The zero-order valence-electron chi connectivity index (χ0n) is 17.3. The van der Waals surface area contributed by atoms with Crippen molar-refractivity contribution in [3.63, 3.8) is 0 Å². The SMILES string of the molecule is O=C(NC(CCCN[C@@H]1C[C@H]1c1ccc(F)cc1)C(=O)N1CCC1)c1ccc(F)cc1. The number of nitrogens with one attached hydrogen (secondary N) is 2. The van der Waals surface area contributed by atoms with Crippen molar-refractivity contribution in [2.24, 2.45) is 0 Å². The predicted octanol–water partition coefficient (Wildman–Crippen LogP) is 3.22. The Morgan fingerprint density at radius 3 is 2.26 bits per heavy atom. The molecule has 0 radical (unpaired) electrons. The summed E-state index contributed by atoms with van der Waals surface area (Å²) < 4.78 is 26.2. The fourth-order valence-corrected chi connectivity index (χ4v) is 3.95. The zero-order chi connectivity index (χ0) is 21.8. The summed E-state index contributed by atoms with van der Waals surface area (Å²) in [6.45, 7) is 2.18. The summed E-state index contributed by atoms with van der Waals surface area (Å²) in [5.41, 5.74) is 1.47. The highest BCUT2D eigenvalue weighted by Crippen LogP contribution is 2.40. The molecule has 1 aliphatic heterocycles. The normalized spacial score (nSPS) is 20.6. The van der Waals surface area contributed by atoms with E-state index in [1.807, 2.05) is 12.1 Å². The van der Waals surface area contributed by atoms with E-state index in [9.17, 15) is 18.4 Å². The van der Waals surface area contributed by atoms with Gasteiger partial charge in [0.1, 0.15) is 17.7 Å². The van der Waals surface area contributed by atoms with Gasteiger partial charge in [-0.1, -0.05) is 12.1 Å². The molecule has 1 heterocycles. The summed E-state index contributed by atoms with van der Waals surface area (Å²) in [6, 6.07) is 11.7. The third-order valence-electron chi connectivity index (χ3n) is 6.04. The van der Waals surface area contributed by atoms with Crippen molar-refractivity contribution < 1.29 is 18.4 Å². The van der Waals surface area contributed by atoms with Crippen LogP contribution in [0.25, 0.3) is 0 Å². The Balaban J connectivity index is 1.26. The Bertz CT molecular complexity index is 913. The minimum atomic E-state index is -0.591. The molecule has 1 aliphatic carbocycles. The molecular weight excluding hydrogens is 400 g/mol. The van der Waals surface area contributed by atoms with Crippen LogP contribution < -0.4 is 10.6 Å². The number of halogens is 2. The van der Waals surface area contributed by atoms with E-state index in [0.29, 0.717) is 23.9 Å². The van der Waals surface area contributed by atoms with E-state index in [1.54, 1.807) is 4.90 Å². The zero-order valence-corrected chi connectivity index (χ0v) is 17.3. The van der Waals surface area contributed by atoms with Crippen LogP contribution in [0.1, 0.15) is 47.5 Å². The van der Waals surface area contributed by atoms with Gasteiger partial charge in [0.05, 0.1) is 0 Å². The first-order chi connectivity index (χ1) is 15.0. The lowest BCUT2D eigenvalue weighted by molar-refractivity contribution is -0.136. The monoisotopic (exact) mass is 427 g/mol. The summed E-state index contributed by atoms with van der Waals surface area (Å²) >= 11 is 0. The lowest BCUT2D eigenvalue weighted by Crippen LogP contribution is -2.53. The number of carbonyl (C=O) groups excluding carboxylic acids is 2. The van der Waals surface area contributed by atoms with Crippen molar-refractivity contribution in [3.05, 3.63) is 71.3 Å². The molecule has 2 aromatic carbocycles. The number of benzene rings is 2. The Morgan fingerprint density at radius 2 is 1.65 bits per heavy atom. The number of likely N-dealkylation sites (tertiary alicyclic amines) is 1. The lowest BCUT2D eigenvalue weighted by Gasteiger charge is -2.34. The van der Waals surface area contributed by atoms with E-state index < -0.39 is 11.9 Å². The molecule has 0 aromatic heterocycles. The van der Waals surface area contributed by atoms with Gasteiger partial charge < -0.3 is 15.5 Å². The van der Waals surface area contributed by atoms with E-state index in [4.69, 9.17) is 0 Å². The second-order valence-corrected chi connectivity index (χ2v) is 8.31. The summed E-state index contributed by atoms with van der Waals surface area (Å²) in [6.07, 6.45) is 3.27. The van der Waals surface area contributed by atoms with Gasteiger partial charge in [0, 0.05) is 30.6 Å². The molecule has 2 aromatic rings. The Morgan fingerprint density at radius 1 is 1.00 bits per heavy atom. The molecule has 3 atom stereocenters. The average molecular weight is 427 g/mol. The van der Waals surface area contributed by atoms with Crippen LogP contribution in [0.5, 0.6) is 0 Å². The van der Waals surface area contributed by atoms with Gasteiger partial charge in [-0.25, -0.2) is 8.78 Å². The maximum absolute atomic E-state index is 13.1. The third kappa shape index (κ3) is 5.47. The van der Waals surface area contributed by atoms with Gasteiger partial charge in [0.25, 0.3) is 5.91 Å². The van der Waals surface area contributed by atoms with Crippen molar-refractivity contribution in [1.29, 1.82) is 0 Å². The largest absolute Gasteiger partial charge is 0.341 e. The third-order valence-corrected chi connectivity index (χ3v) is 6.04. The Kier molecular flexibility index (Phi) is 6.61. The van der Waals surface area contributed by atoms with Gasteiger partial charge in [-0.05, 0) is 74.2 Å². The molecule has 1 saturated carbocycles. The van der Waals surface area contributed by atoms with E-state index in [2.05, 4.69) is 10.6 Å². The molecule has 7 heteroatoms. The summed E-state index contributed by atoms with van der Waals surface area (Å²) in [5, 5.41) is 6.32. The van der Waals surface area contributed by atoms with Crippen molar-refractivity contribution in [2.75, 3.05) is 19.6 Å². The number of rotatable bonds is 9. The Hall–Kier alpha value is -2.80. The molecule has 2 aliphatic rings. The number of hydrogen-bond acceptors (Lipinski definition) is 3. The van der Waals surface area contributed by atoms with E-state index in [0.717, 1.165) is 44.5 Å². The second kappa shape index (κ2) is 9.56. The van der Waals surface area contributed by atoms with Gasteiger partial charge in [-0.2, -0.15) is 0 Å². The molecular formula is C24H27F2N3O2. The first-order valence-electron chi connectivity index (χ1n) is 10.9. The maximum atomic E-state index is 13.1. The maximum Gasteiger partial charge on any atom is 0.251 e. The minimum absolute atomic E-state index is 0.0580. The molecule has 2 fully saturated rings. The molecule has 31 heavy (non-hydrogen) atoms. The molecule has 0 bridgehead atoms. The van der Waals surface area contributed by atoms with Gasteiger partial charge in [-0.15, -0.1) is 0 Å². The number of nitrogens with zero attached hydrogens (tertiary/aromatic N) is 1. The summed E-state index contributed by atoms with van der Waals surface area (Å²) in [7, 11) is 0. The molecule has 1 unspecified atom stereocenters. The second-order valence-electron chi connectivity index (χ2n) is 8.31. The van der Waals surface area contributed by atoms with Crippen LogP contribution >= 0.6 is 0 Å². The Labute approximate surface area is 180 Å². The topological polar surface area (TPSA) is 61.4 Å². The standard InChI is InChI=1S/C24H27F2N3O2/c25-18-8-4-16(5-9-18)20-15-22(20)27-12-1-3-21(24(31)29-13-2-14-29)28-23(30)17-6-10-19(26)11-7-17/h4-11,20-22,27H,1-3,12-15H2,(H,28,30)/t20-,21?,22+/m0/s1. The highest BCUT2D eigenvalue weighted by molar-refractivity contribution is 5.97. The van der Waals surface area contributed by atoms with Gasteiger partial charge in [0.15, 0.2) is 0 Å². The molecule has 1 saturated heterocycles. The quantitative estimate of drug-likeness (QED) is 0.604. The van der Waals surface area contributed by atoms with Crippen LogP contribution in [0.2, 0.25) is 0 Å². The van der Waals surface area contributed by atoms with Crippen molar-refractivity contribution in [2.45, 2.75) is 43.7 Å². The molecule has 2 N–H and O–H groups in total. The van der Waals surface area contributed by atoms with Gasteiger partial charge in [0.2, 0.25) is 5.91 Å². The van der Waals surface area contributed by atoms with Crippen molar-refractivity contribution in [1.82, 2.24) is 15.5 Å². The van der Waals surface area contributed by atoms with Crippen LogP contribution in [0.15, 0.2) is 48.5 Å². The van der Waals surface area contributed by atoms with Crippen molar-refractivity contribution >= 4 is 11.8 Å². The lowest BCUT2D eigenvalue weighted by atomic mass is 10.1. The van der Waals surface area contributed by atoms with E-state index in [-0.39, 0.29) is 17.6 Å². The number of hydrogen-bond donors (Lipinski definition) is 2. The smallest absolute Gasteiger partial charge is 0.251 e. The van der Waals surface area contributed by atoms with Crippen molar-refractivity contribution in [3.8, 4) is 0 Å². The van der Waals surface area contributed by atoms with Crippen LogP contribution in [0.4, 0.5) is 8.78 Å². The first kappa shape index (κ1) is 21.4. The number of amides is 2. The highest BCUT2D eigenvalue weighted by atomic mass is 19.1.